The van der Waals surface area contributed by atoms with Gasteiger partial charge in [-0.25, -0.2) is 0 Å². The van der Waals surface area contributed by atoms with E-state index < -0.39 is 0 Å². The van der Waals surface area contributed by atoms with Crippen LogP contribution in [0.2, 0.25) is 0 Å². The van der Waals surface area contributed by atoms with Gasteiger partial charge in [0.25, 0.3) is 5.56 Å². The van der Waals surface area contributed by atoms with Gasteiger partial charge in [0.2, 0.25) is 0 Å². The Labute approximate surface area is 88.1 Å². The fraction of sp³-hybridized carbons (Fsp3) is 0. The first-order valence-electron chi connectivity index (χ1n) is 4.77. The summed E-state index contributed by atoms with van der Waals surface area (Å²) in [6.07, 6.45) is 5.40. The Balaban J connectivity index is 2.27. The molecule has 0 aliphatic rings. The zero-order valence-corrected chi connectivity index (χ0v) is 8.21. The standard InChI is InChI=1S/C13H11NO/c15-13-8-4-5-10-14(13)11-9-12-6-2-1-3-7-12/h1-11H/b11-9-. The van der Waals surface area contributed by atoms with E-state index in [0.29, 0.717) is 0 Å². The molecule has 2 nitrogen and oxygen atoms in total. The van der Waals surface area contributed by atoms with Gasteiger partial charge < -0.3 is 0 Å². The summed E-state index contributed by atoms with van der Waals surface area (Å²) in [6.45, 7) is 0. The molecule has 2 heteroatoms. The van der Waals surface area contributed by atoms with Crippen molar-refractivity contribution in [1.82, 2.24) is 4.57 Å². The minimum absolute atomic E-state index is 0.0234. The van der Waals surface area contributed by atoms with Gasteiger partial charge in [-0.05, 0) is 17.7 Å². The average Bonchev–Trinajstić information content (AvgIpc) is 2.29. The van der Waals surface area contributed by atoms with Gasteiger partial charge in [0, 0.05) is 18.5 Å². The van der Waals surface area contributed by atoms with E-state index in [0.717, 1.165) is 5.56 Å². The lowest BCUT2D eigenvalue weighted by Crippen LogP contribution is -2.11. The predicted molar refractivity (Wildman–Crippen MR) is 62.4 cm³/mol. The molecular weight excluding hydrogens is 186 g/mol. The molecule has 0 radical (unpaired) electrons. The van der Waals surface area contributed by atoms with Crippen molar-refractivity contribution in [2.75, 3.05) is 0 Å². The molecule has 0 N–H and O–H groups in total. The number of nitrogens with zero attached hydrogens (tertiary/aromatic N) is 1. The van der Waals surface area contributed by atoms with E-state index in [1.54, 1.807) is 23.0 Å². The summed E-state index contributed by atoms with van der Waals surface area (Å²) in [5.74, 6) is 0. The molecule has 1 aromatic heterocycles. The first-order valence-corrected chi connectivity index (χ1v) is 4.77. The van der Waals surface area contributed by atoms with Crippen LogP contribution in [0.4, 0.5) is 0 Å². The zero-order valence-electron chi connectivity index (χ0n) is 8.21. The molecule has 0 unspecified atom stereocenters. The van der Waals surface area contributed by atoms with Crippen LogP contribution in [0.15, 0.2) is 59.5 Å². The lowest BCUT2D eigenvalue weighted by Gasteiger charge is -1.96. The number of hydrogen-bond acceptors (Lipinski definition) is 1. The van der Waals surface area contributed by atoms with Crippen molar-refractivity contribution in [2.24, 2.45) is 0 Å². The molecule has 2 aromatic rings. The molecular formula is C13H11NO. The largest absolute Gasteiger partial charge is 0.291 e. The minimum Gasteiger partial charge on any atom is -0.291 e. The summed E-state index contributed by atoms with van der Waals surface area (Å²) in [6, 6.07) is 15.0. The molecule has 0 bridgehead atoms. The fourth-order valence-corrected chi connectivity index (χ4v) is 1.29. The van der Waals surface area contributed by atoms with Crippen LogP contribution >= 0.6 is 0 Å². The van der Waals surface area contributed by atoms with Crippen molar-refractivity contribution in [3.8, 4) is 0 Å². The molecule has 1 aromatic carbocycles. The van der Waals surface area contributed by atoms with E-state index in [-0.39, 0.29) is 5.56 Å². The van der Waals surface area contributed by atoms with Gasteiger partial charge in [-0.2, -0.15) is 0 Å². The quantitative estimate of drug-likeness (QED) is 0.725. The smallest absolute Gasteiger partial charge is 0.254 e. The SMILES string of the molecule is O=c1ccccn1/C=C\c1ccccc1. The number of aromatic nitrogens is 1. The maximum atomic E-state index is 11.4. The van der Waals surface area contributed by atoms with Gasteiger partial charge in [0.15, 0.2) is 0 Å². The molecule has 0 amide bonds. The monoisotopic (exact) mass is 197 g/mol. The second-order valence-electron chi connectivity index (χ2n) is 3.17. The maximum absolute atomic E-state index is 11.4. The molecule has 0 atom stereocenters. The molecule has 15 heavy (non-hydrogen) atoms. The Morgan fingerprint density at radius 2 is 1.67 bits per heavy atom. The molecule has 1 heterocycles. The van der Waals surface area contributed by atoms with E-state index >= 15 is 0 Å². The highest BCUT2D eigenvalue weighted by molar-refractivity contribution is 5.60. The van der Waals surface area contributed by atoms with Gasteiger partial charge in [-0.1, -0.05) is 36.4 Å². The Hall–Kier alpha value is -2.09. The predicted octanol–water partition coefficient (Wildman–Crippen LogP) is 2.48. The summed E-state index contributed by atoms with van der Waals surface area (Å²) >= 11 is 0. The third-order valence-corrected chi connectivity index (χ3v) is 2.08. The van der Waals surface area contributed by atoms with Gasteiger partial charge in [0.05, 0.1) is 0 Å². The van der Waals surface area contributed by atoms with E-state index in [2.05, 4.69) is 0 Å². The van der Waals surface area contributed by atoms with Crippen molar-refractivity contribution in [2.45, 2.75) is 0 Å². The molecule has 0 spiro atoms. The normalized spacial score (nSPS) is 10.7. The number of pyridine rings is 1. The van der Waals surface area contributed by atoms with Crippen LogP contribution < -0.4 is 5.56 Å². The number of hydrogen-bond donors (Lipinski definition) is 0. The minimum atomic E-state index is -0.0234. The van der Waals surface area contributed by atoms with Crippen molar-refractivity contribution >= 4 is 12.3 Å². The van der Waals surface area contributed by atoms with E-state index in [1.165, 1.54) is 6.07 Å². The summed E-state index contributed by atoms with van der Waals surface area (Å²) in [7, 11) is 0. The summed E-state index contributed by atoms with van der Waals surface area (Å²) in [5, 5.41) is 0. The second kappa shape index (κ2) is 4.42. The Morgan fingerprint density at radius 3 is 2.40 bits per heavy atom. The molecule has 74 valence electrons. The van der Waals surface area contributed by atoms with Crippen LogP contribution in [0.1, 0.15) is 5.56 Å². The van der Waals surface area contributed by atoms with Crippen LogP contribution in [-0.4, -0.2) is 4.57 Å². The Bertz CT molecular complexity index is 511. The highest BCUT2D eigenvalue weighted by Crippen LogP contribution is 2.01. The first-order chi connectivity index (χ1) is 7.36. The average molecular weight is 197 g/mol. The first kappa shape index (κ1) is 9.46. The molecule has 0 saturated carbocycles. The van der Waals surface area contributed by atoms with Gasteiger partial charge >= 0.3 is 0 Å². The Morgan fingerprint density at radius 1 is 0.933 bits per heavy atom. The van der Waals surface area contributed by atoms with Crippen LogP contribution in [0.3, 0.4) is 0 Å². The Kier molecular flexibility index (Phi) is 2.79. The zero-order chi connectivity index (χ0) is 10.5. The summed E-state index contributed by atoms with van der Waals surface area (Å²) in [4.78, 5) is 11.4. The van der Waals surface area contributed by atoms with Crippen molar-refractivity contribution < 1.29 is 0 Å². The second-order valence-corrected chi connectivity index (χ2v) is 3.17. The van der Waals surface area contributed by atoms with Crippen molar-refractivity contribution in [3.05, 3.63) is 70.6 Å². The number of benzene rings is 1. The van der Waals surface area contributed by atoms with Gasteiger partial charge in [-0.3, -0.25) is 9.36 Å². The molecule has 0 fully saturated rings. The molecule has 0 aliphatic carbocycles. The van der Waals surface area contributed by atoms with Crippen LogP contribution in [0.5, 0.6) is 0 Å². The van der Waals surface area contributed by atoms with Crippen molar-refractivity contribution in [3.63, 3.8) is 0 Å². The highest BCUT2D eigenvalue weighted by atomic mass is 16.1. The molecule has 0 aliphatic heterocycles. The number of rotatable bonds is 2. The maximum Gasteiger partial charge on any atom is 0.254 e. The van der Waals surface area contributed by atoms with E-state index in [1.807, 2.05) is 42.5 Å². The summed E-state index contributed by atoms with van der Waals surface area (Å²) in [5.41, 5.74) is 1.05. The lowest BCUT2D eigenvalue weighted by atomic mass is 10.2. The molecule has 0 saturated heterocycles. The fourth-order valence-electron chi connectivity index (χ4n) is 1.29. The van der Waals surface area contributed by atoms with Crippen LogP contribution in [-0.2, 0) is 0 Å². The highest BCUT2D eigenvalue weighted by Gasteiger charge is 1.87. The lowest BCUT2D eigenvalue weighted by molar-refractivity contribution is 1.06. The van der Waals surface area contributed by atoms with Gasteiger partial charge in [0.1, 0.15) is 0 Å². The molecule has 2 rings (SSSR count). The van der Waals surface area contributed by atoms with Crippen LogP contribution in [0, 0.1) is 0 Å². The van der Waals surface area contributed by atoms with Gasteiger partial charge in [-0.15, -0.1) is 0 Å². The van der Waals surface area contributed by atoms with E-state index in [4.69, 9.17) is 0 Å². The third kappa shape index (κ3) is 2.44. The summed E-state index contributed by atoms with van der Waals surface area (Å²) < 4.78 is 1.55. The van der Waals surface area contributed by atoms with Crippen molar-refractivity contribution in [1.29, 1.82) is 0 Å². The third-order valence-electron chi connectivity index (χ3n) is 2.08. The van der Waals surface area contributed by atoms with Crippen LogP contribution in [0.25, 0.3) is 12.3 Å². The van der Waals surface area contributed by atoms with E-state index in [9.17, 15) is 4.79 Å². The topological polar surface area (TPSA) is 22.0 Å².